The average molecular weight is 621 g/mol. The maximum absolute atomic E-state index is 13.9. The zero-order chi connectivity index (χ0) is 29.6. The number of hydrogen-bond donors (Lipinski definition) is 1. The number of benzene rings is 2. The molecule has 3 heterocycles. The molecule has 2 aromatic carbocycles. The van der Waals surface area contributed by atoms with Crippen molar-refractivity contribution < 1.29 is 19.4 Å². The maximum atomic E-state index is 13.9. The minimum Gasteiger partial charge on any atom is -0.503 e. The predicted octanol–water partition coefficient (Wildman–Crippen LogP) is 7.65. The summed E-state index contributed by atoms with van der Waals surface area (Å²) in [6.45, 7) is 6.37. The van der Waals surface area contributed by atoms with Crippen LogP contribution in [0.1, 0.15) is 70.1 Å². The summed E-state index contributed by atoms with van der Waals surface area (Å²) < 4.78 is 6.60. The van der Waals surface area contributed by atoms with Gasteiger partial charge in [-0.2, -0.15) is 0 Å². The van der Waals surface area contributed by atoms with Crippen LogP contribution in [0.15, 0.2) is 70.3 Å². The second-order valence-corrected chi connectivity index (χ2v) is 13.3. The summed E-state index contributed by atoms with van der Waals surface area (Å²) in [7, 11) is 0. The fraction of sp³-hybridized carbons (Fsp3) is 0.323. The van der Waals surface area contributed by atoms with Gasteiger partial charge in [-0.3, -0.25) is 14.5 Å². The zero-order valence-corrected chi connectivity index (χ0v) is 26.2. The fourth-order valence-electron chi connectivity index (χ4n) is 4.76. The van der Waals surface area contributed by atoms with E-state index in [-0.39, 0.29) is 5.57 Å². The lowest BCUT2D eigenvalue weighted by molar-refractivity contribution is -0.117. The van der Waals surface area contributed by atoms with Crippen LogP contribution in [0.2, 0.25) is 0 Å². The molecule has 2 aromatic heterocycles. The second kappa shape index (κ2) is 13.6. The van der Waals surface area contributed by atoms with Crippen LogP contribution >= 0.6 is 34.4 Å². The van der Waals surface area contributed by atoms with Crippen molar-refractivity contribution >= 4 is 51.3 Å². The van der Waals surface area contributed by atoms with Crippen molar-refractivity contribution in [3.8, 4) is 5.75 Å². The maximum Gasteiger partial charge on any atom is 0.296 e. The zero-order valence-electron chi connectivity index (χ0n) is 23.7. The molecule has 42 heavy (non-hydrogen) atoms. The molecule has 1 unspecified atom stereocenters. The van der Waals surface area contributed by atoms with Crippen LogP contribution in [0.4, 0.5) is 5.13 Å². The van der Waals surface area contributed by atoms with E-state index in [0.717, 1.165) is 29.8 Å². The molecule has 0 fully saturated rings. The molecule has 218 valence electrons. The molecular weight excluding hydrogens is 589 g/mol. The van der Waals surface area contributed by atoms with E-state index >= 15 is 0 Å². The van der Waals surface area contributed by atoms with Crippen molar-refractivity contribution in [2.24, 2.45) is 0 Å². The molecule has 1 N–H and O–H groups in total. The summed E-state index contributed by atoms with van der Waals surface area (Å²) in [5.41, 5.74) is 2.37. The van der Waals surface area contributed by atoms with E-state index in [2.05, 4.69) is 22.1 Å². The Labute approximate surface area is 257 Å². The van der Waals surface area contributed by atoms with Gasteiger partial charge in [0.25, 0.3) is 5.91 Å². The molecule has 4 aromatic rings. The Bertz CT molecular complexity index is 1580. The molecule has 0 saturated heterocycles. The molecule has 1 aliphatic heterocycles. The highest BCUT2D eigenvalue weighted by atomic mass is 32.2. The van der Waals surface area contributed by atoms with E-state index in [0.29, 0.717) is 43.7 Å². The Balaban J connectivity index is 1.44. The Kier molecular flexibility index (Phi) is 9.71. The first-order valence-electron chi connectivity index (χ1n) is 13.9. The number of carbonyl (C=O) groups excluding carboxylic acids is 2. The monoisotopic (exact) mass is 620 g/mol. The Hall–Kier alpha value is -3.54. The Morgan fingerprint density at radius 2 is 1.79 bits per heavy atom. The number of ketones is 1. The van der Waals surface area contributed by atoms with E-state index in [1.807, 2.05) is 61.5 Å². The standard InChI is InChI=1S/C31H32N4O4S3/c1-4-5-6-10-17-39-23-15-13-22(14-16-23)25-24(26(36)28-19(2)32-20(3)41-28)27(37)29(38)35(25)30-33-34-31(42-30)40-18-21-11-8-7-9-12-21/h7-9,11-16,25,37H,4-6,10,17-18H2,1-3H3. The highest BCUT2D eigenvalue weighted by Gasteiger charge is 2.46. The lowest BCUT2D eigenvalue weighted by Crippen LogP contribution is -2.31. The Morgan fingerprint density at radius 1 is 1.02 bits per heavy atom. The quantitative estimate of drug-likeness (QED) is 0.0703. The number of carbonyl (C=O) groups is 2. The van der Waals surface area contributed by atoms with Crippen molar-refractivity contribution in [1.29, 1.82) is 0 Å². The van der Waals surface area contributed by atoms with Crippen LogP contribution in [0.5, 0.6) is 5.75 Å². The van der Waals surface area contributed by atoms with Gasteiger partial charge in [0.2, 0.25) is 10.9 Å². The van der Waals surface area contributed by atoms with E-state index in [1.54, 1.807) is 6.92 Å². The number of aliphatic hydroxyl groups is 1. The number of unbranched alkanes of at least 4 members (excludes halogenated alkanes) is 3. The number of aryl methyl sites for hydroxylation is 2. The van der Waals surface area contributed by atoms with Crippen LogP contribution in [-0.4, -0.2) is 38.6 Å². The van der Waals surface area contributed by atoms with Gasteiger partial charge in [-0.1, -0.05) is 91.7 Å². The van der Waals surface area contributed by atoms with Gasteiger partial charge in [0.15, 0.2) is 10.1 Å². The third-order valence-corrected chi connectivity index (χ3v) is 10.0. The largest absolute Gasteiger partial charge is 0.503 e. The molecule has 8 nitrogen and oxygen atoms in total. The molecule has 1 amide bonds. The Morgan fingerprint density at radius 3 is 2.48 bits per heavy atom. The van der Waals surface area contributed by atoms with Gasteiger partial charge in [-0.05, 0) is 43.5 Å². The number of aromatic nitrogens is 3. The van der Waals surface area contributed by atoms with Crippen molar-refractivity contribution in [3.05, 3.63) is 92.6 Å². The van der Waals surface area contributed by atoms with Gasteiger partial charge in [0.05, 0.1) is 33.8 Å². The molecule has 11 heteroatoms. The summed E-state index contributed by atoms with van der Waals surface area (Å²) in [6.07, 6.45) is 4.44. The van der Waals surface area contributed by atoms with Crippen LogP contribution < -0.4 is 9.64 Å². The molecule has 1 aliphatic rings. The SMILES string of the molecule is CCCCCCOc1ccc(C2C(C(=O)c3sc(C)nc3C)=C(O)C(=O)N2c2nnc(SCc3ccccc3)s2)cc1. The van der Waals surface area contributed by atoms with Crippen LogP contribution in [-0.2, 0) is 10.5 Å². The summed E-state index contributed by atoms with van der Waals surface area (Å²) in [5, 5.41) is 20.8. The van der Waals surface area contributed by atoms with Gasteiger partial charge < -0.3 is 9.84 Å². The van der Waals surface area contributed by atoms with Crippen molar-refractivity contribution in [3.63, 3.8) is 0 Å². The number of amides is 1. The van der Waals surface area contributed by atoms with E-state index < -0.39 is 23.5 Å². The highest BCUT2D eigenvalue weighted by Crippen LogP contribution is 2.44. The summed E-state index contributed by atoms with van der Waals surface area (Å²) in [5.74, 6) is -0.286. The van der Waals surface area contributed by atoms with Crippen molar-refractivity contribution in [1.82, 2.24) is 15.2 Å². The molecule has 0 aliphatic carbocycles. The number of anilines is 1. The summed E-state index contributed by atoms with van der Waals surface area (Å²) in [6, 6.07) is 16.4. The predicted molar refractivity (Wildman–Crippen MR) is 168 cm³/mol. The first-order valence-corrected chi connectivity index (χ1v) is 16.5. The van der Waals surface area contributed by atoms with Crippen LogP contribution in [0.3, 0.4) is 0 Å². The molecule has 5 rings (SSSR count). The summed E-state index contributed by atoms with van der Waals surface area (Å²) >= 11 is 4.02. The van der Waals surface area contributed by atoms with Gasteiger partial charge in [-0.15, -0.1) is 21.5 Å². The normalized spacial score (nSPS) is 15.1. The number of nitrogens with zero attached hydrogens (tertiary/aromatic N) is 4. The fourth-order valence-corrected chi connectivity index (χ4v) is 7.45. The minimum absolute atomic E-state index is 0.00803. The second-order valence-electron chi connectivity index (χ2n) is 9.92. The van der Waals surface area contributed by atoms with Crippen LogP contribution in [0.25, 0.3) is 0 Å². The highest BCUT2D eigenvalue weighted by molar-refractivity contribution is 8.00. The van der Waals surface area contributed by atoms with Gasteiger partial charge in [0, 0.05) is 5.75 Å². The molecule has 1 atom stereocenters. The topological polar surface area (TPSA) is 106 Å². The number of thioether (sulfide) groups is 1. The van der Waals surface area contributed by atoms with Crippen molar-refractivity contribution in [2.75, 3.05) is 11.5 Å². The number of ether oxygens (including phenoxy) is 1. The number of aliphatic hydroxyl groups excluding tert-OH is 1. The van der Waals surface area contributed by atoms with E-state index in [9.17, 15) is 14.7 Å². The van der Waals surface area contributed by atoms with Crippen LogP contribution in [0, 0.1) is 13.8 Å². The van der Waals surface area contributed by atoms with E-state index in [1.165, 1.54) is 45.8 Å². The molecular formula is C31H32N4O4S3. The van der Waals surface area contributed by atoms with Gasteiger partial charge in [-0.25, -0.2) is 4.98 Å². The lowest BCUT2D eigenvalue weighted by atomic mass is 9.95. The number of thiazole rings is 1. The first-order chi connectivity index (χ1) is 20.4. The lowest BCUT2D eigenvalue weighted by Gasteiger charge is -2.24. The molecule has 0 radical (unpaired) electrons. The molecule has 0 spiro atoms. The first kappa shape index (κ1) is 29.9. The third-order valence-electron chi connectivity index (χ3n) is 6.83. The number of rotatable bonds is 13. The smallest absolute Gasteiger partial charge is 0.296 e. The average Bonchev–Trinajstić information content (AvgIpc) is 3.67. The molecule has 0 saturated carbocycles. The van der Waals surface area contributed by atoms with Crippen molar-refractivity contribution in [2.45, 2.75) is 62.6 Å². The van der Waals surface area contributed by atoms with E-state index in [4.69, 9.17) is 4.74 Å². The third kappa shape index (κ3) is 6.58. The molecule has 0 bridgehead atoms. The number of hydrogen-bond acceptors (Lipinski definition) is 10. The number of Topliss-reactive ketones (excluding diaryl/α,β-unsaturated/α-hetero) is 1. The summed E-state index contributed by atoms with van der Waals surface area (Å²) in [4.78, 5) is 33.6. The van der Waals surface area contributed by atoms with Gasteiger partial charge in [0.1, 0.15) is 5.75 Å². The van der Waals surface area contributed by atoms with Gasteiger partial charge >= 0.3 is 0 Å². The minimum atomic E-state index is -0.884.